The van der Waals surface area contributed by atoms with Crippen LogP contribution in [0.5, 0.6) is 0 Å². The molecule has 0 aromatic carbocycles. The third kappa shape index (κ3) is 20.3. The Morgan fingerprint density at radius 2 is 0.739 bits per heavy atom. The lowest BCUT2D eigenvalue weighted by Crippen LogP contribution is -2.54. The fourth-order valence-corrected chi connectivity index (χ4v) is 16.1. The van der Waals surface area contributed by atoms with E-state index in [1.807, 2.05) is 52.1 Å². The number of carbonyl (C=O) groups excluding carboxylic acids is 15. The first-order valence-corrected chi connectivity index (χ1v) is 40.1. The van der Waals surface area contributed by atoms with Crippen LogP contribution in [0.25, 0.3) is 0 Å². The van der Waals surface area contributed by atoms with Gasteiger partial charge in [-0.15, -0.1) is 0 Å². The summed E-state index contributed by atoms with van der Waals surface area (Å²) in [5.74, 6) is -15.0. The molecule has 38 nitrogen and oxygen atoms in total. The summed E-state index contributed by atoms with van der Waals surface area (Å²) >= 11 is 3.88. The number of amides is 6. The van der Waals surface area contributed by atoms with Crippen LogP contribution in [0.2, 0.25) is 0 Å². The summed E-state index contributed by atoms with van der Waals surface area (Å²) in [6.45, 7) is 21.0. The molecule has 0 saturated carbocycles. The van der Waals surface area contributed by atoms with E-state index in [1.165, 1.54) is 120 Å². The number of ether oxygens (including phenoxy) is 9. The molecule has 0 aromatic rings. The van der Waals surface area contributed by atoms with Crippen molar-refractivity contribution in [1.29, 1.82) is 0 Å². The molecule has 0 radical (unpaired) electrons. The molecule has 8 N–H and O–H groups in total. The van der Waals surface area contributed by atoms with Gasteiger partial charge in [-0.3, -0.25) is 101 Å². The van der Waals surface area contributed by atoms with E-state index in [0.29, 0.717) is 10.2 Å². The van der Waals surface area contributed by atoms with Gasteiger partial charge in [-0.2, -0.15) is 0 Å². The molecule has 0 aromatic heterocycles. The van der Waals surface area contributed by atoms with E-state index in [9.17, 15) is 116 Å². The molecule has 12 heterocycles. The topological polar surface area (TPSA) is 520 Å². The summed E-state index contributed by atoms with van der Waals surface area (Å²) in [4.78, 5) is 179. The molecule has 0 bridgehead atoms. The quantitative estimate of drug-likeness (QED) is 0.0389. The molecule has 43 heteroatoms. The number of hydrogen-bond donors (Lipinski definition) is 8. The second-order valence-corrected chi connectivity index (χ2v) is 32.4. The van der Waals surface area contributed by atoms with Crippen LogP contribution in [-0.2, 0) is 115 Å². The Labute approximate surface area is 707 Å². The van der Waals surface area contributed by atoms with E-state index in [0.717, 1.165) is 38.8 Å². The van der Waals surface area contributed by atoms with Crippen LogP contribution in [0.4, 0.5) is 13.2 Å². The zero-order valence-corrected chi connectivity index (χ0v) is 71.3. The summed E-state index contributed by atoms with van der Waals surface area (Å²) in [5, 5.41) is 77.9. The Hall–Kier alpha value is -8.04. The van der Waals surface area contributed by atoms with Gasteiger partial charge < -0.3 is 83.5 Å². The molecule has 658 valence electrons. The predicted octanol–water partition coefficient (Wildman–Crippen LogP) is 0.669. The molecule has 6 fully saturated rings. The normalized spacial score (nSPS) is 39.0. The van der Waals surface area contributed by atoms with Crippen molar-refractivity contribution in [2.75, 3.05) is 22.1 Å². The third-order valence-corrected chi connectivity index (χ3v) is 23.9. The van der Waals surface area contributed by atoms with Gasteiger partial charge in [0.05, 0.1) is 79.2 Å². The summed E-state index contributed by atoms with van der Waals surface area (Å²) in [6, 6.07) is 0. The third-order valence-electron chi connectivity index (χ3n) is 22.0. The molecule has 6 amide bonds. The van der Waals surface area contributed by atoms with E-state index in [2.05, 4.69) is 6.58 Å². The fourth-order valence-electron chi connectivity index (χ4n) is 14.6. The maximum absolute atomic E-state index is 14.9. The van der Waals surface area contributed by atoms with Gasteiger partial charge in [0.1, 0.15) is 47.8 Å². The lowest BCUT2D eigenvalue weighted by atomic mass is 9.84. The molecule has 12 rings (SSSR count). The standard InChI is InChI=1S/C15H20FNO5.C14H17FINO5.C14H17NO5.C11H14FNO6.C11H14INO5.C11H15NO6/c1-5-15(16)9(2)14(4,21-10(3)18)13(22-15)17-7-6-11(19)8-12(17)20;1-8-13(3,21-9(2)18)12(22-14(8,15)7-16)17-5-4-10(19)6-11(17)20;1-8-9(2)19-13(14(8,4)20-10(3)16)15-6-5-11(17)7-12(15)18;1-10(18)8(17)11(12,5-14)19-9(10)13-3-2-6(15)4-7(13)16;1-11(17)9(16)7(5-12)18-10(11)13-3-2-6(14)4-8(13)15;1-11(17)9(16)7(5-13)18-10(11)12-3-2-6(14)4-8(12)15/h6-7,9,13H,5,8H2,1-4H3;4-5,8,12H,6-7H2,1-3H3;5-6,8,13H,2,7H2,1,3-4H3;2-3,8-9,14,17-18H,4-5H2,1H3;2-3,7,9-10,16-17H,4-5H2,1H3;2-3,7,9-10,13,16-17H,4-5H2,1H3/t9-,13+,14+,15+;8-,12+,13+,14+;8-,13-,14-;8-,9+,10+,11+;2*7-,9-,10-,11-/m001011/s1. The minimum Gasteiger partial charge on any atom is -0.470 e. The molecule has 12 aliphatic heterocycles. The van der Waals surface area contributed by atoms with E-state index in [4.69, 9.17) is 52.8 Å². The van der Waals surface area contributed by atoms with Gasteiger partial charge in [0.15, 0.2) is 82.6 Å². The maximum Gasteiger partial charge on any atom is 0.303 e. The summed E-state index contributed by atoms with van der Waals surface area (Å²) < 4.78 is 92.6. The summed E-state index contributed by atoms with van der Waals surface area (Å²) in [6.07, 6.45) is 0.432. The fraction of sp³-hybridized carbons (Fsp3) is 0.618. The largest absolute Gasteiger partial charge is 0.470 e. The first-order chi connectivity index (χ1) is 55.0. The number of alkyl halides is 5. The van der Waals surface area contributed by atoms with Crippen molar-refractivity contribution in [3.63, 3.8) is 0 Å². The number of rotatable bonds is 14. The highest BCUT2D eigenvalue weighted by molar-refractivity contribution is 14.1. The van der Waals surface area contributed by atoms with Crippen molar-refractivity contribution in [1.82, 2.24) is 29.4 Å². The maximum atomic E-state index is 14.9. The van der Waals surface area contributed by atoms with Crippen molar-refractivity contribution in [2.24, 2.45) is 17.8 Å². The van der Waals surface area contributed by atoms with Crippen molar-refractivity contribution in [3.8, 4) is 0 Å². The molecule has 12 aliphatic rings. The molecular formula is C76H97F3I2N6O32. The highest BCUT2D eigenvalue weighted by Crippen LogP contribution is 2.52. The number of ketones is 6. The van der Waals surface area contributed by atoms with Gasteiger partial charge in [-0.05, 0) is 78.0 Å². The molecule has 23 atom stereocenters. The number of aliphatic hydroxyl groups is 8. The number of carbonyl (C=O) groups is 15. The predicted molar refractivity (Wildman–Crippen MR) is 411 cm³/mol. The number of esters is 3. The van der Waals surface area contributed by atoms with Crippen molar-refractivity contribution >= 4 is 133 Å². The van der Waals surface area contributed by atoms with Crippen LogP contribution in [-0.4, -0.2) is 299 Å². The van der Waals surface area contributed by atoms with Gasteiger partial charge in [0.25, 0.3) is 5.85 Å². The SMILES string of the molecule is C=C1O[C@@H](N2C=CC(=O)CC2=O)[C@](C)(OC(C)=O)[C@@H]1C.CC(=O)O[C@@]1(C)[C@H](N2C=CC(=O)CC2=O)O[C@](F)(CI)[C@H]1C.CC[C@@]1(F)O[C@@H](N2C=CC(=O)CC2=O)[C@](C)(OC(C)=O)[C@@H]1C.C[C@@]1(O)[C@H](O)[C@@H](CI)O[C@H]1N1C=CC(=O)CC1=O.C[C@@]1(O)[C@H](O)[C@@H](CO)O[C@H]1N1C=CC(=O)CC1=O.C[C@]1(O)[C@H](N2C=CC(=O)CC2=O)O[C@](F)(CO)[C@H]1O. The molecular weight excluding hydrogens is 1820 g/mol. The summed E-state index contributed by atoms with van der Waals surface area (Å²) in [5.41, 5.74) is -9.14. The van der Waals surface area contributed by atoms with Crippen LogP contribution in [0.15, 0.2) is 86.0 Å². The van der Waals surface area contributed by atoms with Crippen LogP contribution in [0.1, 0.15) is 135 Å². The lowest BCUT2D eigenvalue weighted by molar-refractivity contribution is -0.213. The zero-order chi connectivity index (χ0) is 89.9. The molecule has 119 heavy (non-hydrogen) atoms. The van der Waals surface area contributed by atoms with Crippen molar-refractivity contribution < 1.29 is 169 Å². The molecule has 0 unspecified atom stereocenters. The van der Waals surface area contributed by atoms with E-state index in [-0.39, 0.29) is 83.7 Å². The van der Waals surface area contributed by atoms with Crippen LogP contribution in [0.3, 0.4) is 0 Å². The highest BCUT2D eigenvalue weighted by Gasteiger charge is 2.68. The Morgan fingerprint density at radius 1 is 0.454 bits per heavy atom. The minimum atomic E-state index is -2.87. The number of halogens is 5. The van der Waals surface area contributed by atoms with E-state index in [1.54, 1.807) is 27.7 Å². The van der Waals surface area contributed by atoms with Gasteiger partial charge in [-0.1, -0.05) is 79.5 Å². The molecule has 6 saturated heterocycles. The monoisotopic (exact) mass is 1920 g/mol. The van der Waals surface area contributed by atoms with Crippen molar-refractivity contribution in [2.45, 2.75) is 254 Å². The Bertz CT molecular complexity index is 4060. The Balaban J connectivity index is 0.000000197. The number of allylic oxidation sites excluding steroid dienone is 6. The highest BCUT2D eigenvalue weighted by atomic mass is 127. The van der Waals surface area contributed by atoms with E-state index < -0.39 is 204 Å². The van der Waals surface area contributed by atoms with Gasteiger partial charge >= 0.3 is 17.9 Å². The average Bonchev–Trinajstić information content (AvgIpc) is 1.58. The first kappa shape index (κ1) is 98.1. The summed E-state index contributed by atoms with van der Waals surface area (Å²) in [7, 11) is 0. The number of nitrogens with zero attached hydrogens (tertiary/aromatic N) is 6. The second-order valence-electron chi connectivity index (χ2n) is 30.8. The van der Waals surface area contributed by atoms with Gasteiger partial charge in [0, 0.05) is 68.8 Å². The Kier molecular flexibility index (Phi) is 31.1. The number of hydrogen-bond acceptors (Lipinski definition) is 32. The van der Waals surface area contributed by atoms with Crippen molar-refractivity contribution in [3.05, 3.63) is 86.0 Å². The lowest BCUT2D eigenvalue weighted by Gasteiger charge is -2.37. The van der Waals surface area contributed by atoms with Gasteiger partial charge in [-0.25, -0.2) is 13.2 Å². The van der Waals surface area contributed by atoms with Crippen LogP contribution >= 0.6 is 45.2 Å². The van der Waals surface area contributed by atoms with E-state index >= 15 is 0 Å². The second kappa shape index (κ2) is 37.8. The van der Waals surface area contributed by atoms with Crippen LogP contribution < -0.4 is 0 Å². The number of aliphatic hydroxyl groups excluding tert-OH is 5. The van der Waals surface area contributed by atoms with Gasteiger partial charge in [0.2, 0.25) is 53.4 Å². The molecule has 0 aliphatic carbocycles. The first-order valence-electron chi connectivity index (χ1n) is 37.0. The van der Waals surface area contributed by atoms with Crippen LogP contribution in [0, 0.1) is 17.8 Å². The zero-order valence-electron chi connectivity index (χ0n) is 66.9. The molecule has 0 spiro atoms. The smallest absolute Gasteiger partial charge is 0.303 e. The average molecular weight is 1920 g/mol. The Morgan fingerprint density at radius 3 is 1.02 bits per heavy atom. The minimum absolute atomic E-state index is 0.0178.